The first-order valence-corrected chi connectivity index (χ1v) is 7.92. The van der Waals surface area contributed by atoms with Gasteiger partial charge in [0.1, 0.15) is 0 Å². The summed E-state index contributed by atoms with van der Waals surface area (Å²) < 4.78 is 0. The number of para-hydroxylation sites is 2. The minimum absolute atomic E-state index is 0.107. The zero-order valence-corrected chi connectivity index (χ0v) is 12.9. The predicted molar refractivity (Wildman–Crippen MR) is 86.1 cm³/mol. The third-order valence-electron chi connectivity index (χ3n) is 4.29. The maximum Gasteiger partial charge on any atom is 0.306 e. The zero-order chi connectivity index (χ0) is 15.5. The van der Waals surface area contributed by atoms with Crippen molar-refractivity contribution in [3.05, 3.63) is 29.4 Å². The molecule has 1 heterocycles. The van der Waals surface area contributed by atoms with E-state index in [1.807, 2.05) is 24.3 Å². The highest BCUT2D eigenvalue weighted by Crippen LogP contribution is 2.31. The summed E-state index contributed by atoms with van der Waals surface area (Å²) in [6, 6.07) is 7.53. The van der Waals surface area contributed by atoms with E-state index in [1.54, 1.807) is 0 Å². The van der Waals surface area contributed by atoms with Crippen LogP contribution in [0.1, 0.15) is 25.7 Å². The van der Waals surface area contributed by atoms with Gasteiger partial charge in [-0.05, 0) is 30.9 Å². The number of hydrogen-bond donors (Lipinski definition) is 2. The molecule has 1 fully saturated rings. The van der Waals surface area contributed by atoms with Gasteiger partial charge >= 0.3 is 5.97 Å². The van der Waals surface area contributed by atoms with Gasteiger partial charge in [-0.25, -0.2) is 9.97 Å². The largest absolute Gasteiger partial charge is 0.481 e. The van der Waals surface area contributed by atoms with E-state index in [0.717, 1.165) is 36.7 Å². The second-order valence-electron chi connectivity index (χ2n) is 5.72. The molecule has 22 heavy (non-hydrogen) atoms. The Bertz CT molecular complexity index is 692. The third-order valence-corrected chi connectivity index (χ3v) is 4.55. The highest BCUT2D eigenvalue weighted by Gasteiger charge is 2.30. The zero-order valence-electron chi connectivity index (χ0n) is 12.1. The Balaban J connectivity index is 1.75. The van der Waals surface area contributed by atoms with Crippen LogP contribution < -0.4 is 5.32 Å². The lowest BCUT2D eigenvalue weighted by Crippen LogP contribution is -2.32. The van der Waals surface area contributed by atoms with Gasteiger partial charge < -0.3 is 10.4 Å². The van der Waals surface area contributed by atoms with E-state index in [1.165, 1.54) is 0 Å². The van der Waals surface area contributed by atoms with Crippen LogP contribution in [0.4, 0.5) is 5.82 Å². The number of aromatic nitrogens is 2. The molecule has 0 aliphatic heterocycles. The average Bonchev–Trinajstić information content (AvgIpc) is 2.53. The first kappa shape index (κ1) is 15.0. The van der Waals surface area contributed by atoms with Crippen LogP contribution in [0, 0.1) is 11.8 Å². The van der Waals surface area contributed by atoms with Crippen molar-refractivity contribution in [2.45, 2.75) is 25.7 Å². The van der Waals surface area contributed by atoms with Gasteiger partial charge in [0.2, 0.25) is 0 Å². The predicted octanol–water partition coefficient (Wildman–Crippen LogP) is 3.59. The number of hydrogen-bond acceptors (Lipinski definition) is 4. The van der Waals surface area contributed by atoms with Crippen LogP contribution in [-0.2, 0) is 4.79 Å². The van der Waals surface area contributed by atoms with Crippen LogP contribution in [-0.4, -0.2) is 27.6 Å². The number of carbonyl (C=O) groups is 1. The van der Waals surface area contributed by atoms with Crippen molar-refractivity contribution in [3.8, 4) is 0 Å². The summed E-state index contributed by atoms with van der Waals surface area (Å²) in [6.07, 6.45) is 3.73. The van der Waals surface area contributed by atoms with E-state index in [9.17, 15) is 9.90 Å². The molecule has 0 saturated heterocycles. The van der Waals surface area contributed by atoms with E-state index in [4.69, 9.17) is 11.6 Å². The van der Waals surface area contributed by atoms with Crippen molar-refractivity contribution in [2.75, 3.05) is 11.9 Å². The second-order valence-corrected chi connectivity index (χ2v) is 6.08. The molecule has 1 aliphatic rings. The monoisotopic (exact) mass is 319 g/mol. The normalized spacial score (nSPS) is 21.7. The molecule has 6 heteroatoms. The number of benzene rings is 1. The highest BCUT2D eigenvalue weighted by molar-refractivity contribution is 6.32. The van der Waals surface area contributed by atoms with Crippen molar-refractivity contribution in [1.29, 1.82) is 0 Å². The first-order chi connectivity index (χ1) is 10.6. The van der Waals surface area contributed by atoms with E-state index in [-0.39, 0.29) is 11.8 Å². The Morgan fingerprint density at radius 3 is 2.64 bits per heavy atom. The maximum absolute atomic E-state index is 11.3. The van der Waals surface area contributed by atoms with E-state index in [0.29, 0.717) is 17.5 Å². The number of carboxylic acid groups (broad SMARTS) is 1. The van der Waals surface area contributed by atoms with Gasteiger partial charge in [-0.1, -0.05) is 36.6 Å². The number of rotatable bonds is 4. The molecule has 116 valence electrons. The van der Waals surface area contributed by atoms with Gasteiger partial charge in [-0.3, -0.25) is 4.79 Å². The van der Waals surface area contributed by atoms with Gasteiger partial charge in [-0.2, -0.15) is 0 Å². The van der Waals surface area contributed by atoms with Gasteiger partial charge in [0.25, 0.3) is 0 Å². The molecule has 3 rings (SSSR count). The van der Waals surface area contributed by atoms with E-state index >= 15 is 0 Å². The molecule has 2 atom stereocenters. The van der Waals surface area contributed by atoms with Crippen molar-refractivity contribution in [1.82, 2.24) is 9.97 Å². The van der Waals surface area contributed by atoms with Crippen molar-refractivity contribution in [2.24, 2.45) is 11.8 Å². The smallest absolute Gasteiger partial charge is 0.306 e. The van der Waals surface area contributed by atoms with Crippen molar-refractivity contribution in [3.63, 3.8) is 0 Å². The molecular formula is C16H18ClN3O2. The lowest BCUT2D eigenvalue weighted by atomic mass is 9.79. The molecular weight excluding hydrogens is 302 g/mol. The maximum atomic E-state index is 11.3. The van der Waals surface area contributed by atoms with Crippen LogP contribution >= 0.6 is 11.6 Å². The van der Waals surface area contributed by atoms with Crippen LogP contribution in [0.2, 0.25) is 5.15 Å². The average molecular weight is 320 g/mol. The lowest BCUT2D eigenvalue weighted by Gasteiger charge is -2.28. The van der Waals surface area contributed by atoms with Crippen LogP contribution in [0.3, 0.4) is 0 Å². The van der Waals surface area contributed by atoms with E-state index in [2.05, 4.69) is 15.3 Å². The van der Waals surface area contributed by atoms with Crippen LogP contribution in [0.15, 0.2) is 24.3 Å². The Hall–Kier alpha value is -1.88. The molecule has 5 nitrogen and oxygen atoms in total. The summed E-state index contributed by atoms with van der Waals surface area (Å²) >= 11 is 6.17. The topological polar surface area (TPSA) is 75.1 Å². The molecule has 0 unspecified atom stereocenters. The van der Waals surface area contributed by atoms with Gasteiger partial charge in [0, 0.05) is 6.54 Å². The molecule has 0 radical (unpaired) electrons. The number of nitrogens with one attached hydrogen (secondary N) is 1. The SMILES string of the molecule is O=C(O)[C@H]1CCCC[C@H]1CNc1nc2ccccc2nc1Cl. The first-order valence-electron chi connectivity index (χ1n) is 7.54. The summed E-state index contributed by atoms with van der Waals surface area (Å²) in [5.74, 6) is -0.360. The van der Waals surface area contributed by atoms with Gasteiger partial charge in [-0.15, -0.1) is 0 Å². The van der Waals surface area contributed by atoms with Crippen LogP contribution in [0.25, 0.3) is 11.0 Å². The molecule has 0 bridgehead atoms. The molecule has 1 aliphatic carbocycles. The Labute approximate surface area is 133 Å². The third kappa shape index (κ3) is 3.14. The fourth-order valence-corrected chi connectivity index (χ4v) is 3.30. The quantitative estimate of drug-likeness (QED) is 0.900. The number of anilines is 1. The van der Waals surface area contributed by atoms with Crippen molar-refractivity contribution >= 4 is 34.4 Å². The molecule has 1 saturated carbocycles. The van der Waals surface area contributed by atoms with E-state index < -0.39 is 5.97 Å². The van der Waals surface area contributed by atoms with Gasteiger partial charge in [0.05, 0.1) is 17.0 Å². The summed E-state index contributed by atoms with van der Waals surface area (Å²) in [6.45, 7) is 0.559. The highest BCUT2D eigenvalue weighted by atomic mass is 35.5. The van der Waals surface area contributed by atoms with Crippen molar-refractivity contribution < 1.29 is 9.90 Å². The number of halogens is 1. The summed E-state index contributed by atoms with van der Waals surface area (Å²) in [5.41, 5.74) is 1.52. The molecule has 2 aromatic rings. The number of nitrogens with zero attached hydrogens (tertiary/aromatic N) is 2. The van der Waals surface area contributed by atoms with Gasteiger partial charge in [0.15, 0.2) is 11.0 Å². The Morgan fingerprint density at radius 1 is 1.23 bits per heavy atom. The Kier molecular flexibility index (Phi) is 4.43. The summed E-state index contributed by atoms with van der Waals surface area (Å²) in [7, 11) is 0. The Morgan fingerprint density at radius 2 is 1.91 bits per heavy atom. The summed E-state index contributed by atoms with van der Waals surface area (Å²) in [4.78, 5) is 20.1. The molecule has 0 spiro atoms. The lowest BCUT2D eigenvalue weighted by molar-refractivity contribution is -0.144. The fraction of sp³-hybridized carbons (Fsp3) is 0.438. The summed E-state index contributed by atoms with van der Waals surface area (Å²) in [5, 5.41) is 12.8. The molecule has 0 amide bonds. The number of fused-ring (bicyclic) bond motifs is 1. The molecule has 2 N–H and O–H groups in total. The number of aliphatic carboxylic acids is 1. The van der Waals surface area contributed by atoms with Crippen LogP contribution in [0.5, 0.6) is 0 Å². The fourth-order valence-electron chi connectivity index (χ4n) is 3.10. The minimum atomic E-state index is -0.706. The number of carboxylic acids is 1. The minimum Gasteiger partial charge on any atom is -0.481 e. The molecule has 1 aromatic carbocycles. The second kappa shape index (κ2) is 6.48. The molecule has 1 aromatic heterocycles. The standard InChI is InChI=1S/C16H18ClN3O2/c17-14-15(20-13-8-4-3-7-12(13)19-14)18-9-10-5-1-2-6-11(10)16(21)22/h3-4,7-8,10-11H,1-2,5-6,9H2,(H,18,20)(H,21,22)/t10-,11-/m0/s1.